The van der Waals surface area contributed by atoms with Crippen LogP contribution in [0.5, 0.6) is 17.5 Å². The smallest absolute Gasteiger partial charge is 0.243 e. The van der Waals surface area contributed by atoms with E-state index in [-0.39, 0.29) is 29.0 Å². The number of pyridine rings is 1. The highest BCUT2D eigenvalue weighted by atomic mass is 32.2. The molecule has 1 aliphatic heterocycles. The summed E-state index contributed by atoms with van der Waals surface area (Å²) in [5.74, 6) is 1.14. The number of sulfonamides is 1. The molecule has 0 aliphatic carbocycles. The molecule has 2 aromatic heterocycles. The minimum atomic E-state index is -3.74. The van der Waals surface area contributed by atoms with Crippen molar-refractivity contribution in [2.24, 2.45) is 0 Å². The molecule has 0 radical (unpaired) electrons. The van der Waals surface area contributed by atoms with Crippen LogP contribution >= 0.6 is 0 Å². The lowest BCUT2D eigenvalue weighted by atomic mass is 10.1. The first kappa shape index (κ1) is 27.5. The third-order valence-corrected chi connectivity index (χ3v) is 8.62. The Morgan fingerprint density at radius 2 is 1.82 bits per heavy atom. The minimum absolute atomic E-state index is 0.143. The first-order chi connectivity index (χ1) is 18.1. The number of carbonyl (C=O) groups excluding carboxylic acids is 1. The van der Waals surface area contributed by atoms with Gasteiger partial charge in [0.05, 0.1) is 22.3 Å². The predicted octanol–water partition coefficient (Wildman–Crippen LogP) is 4.64. The van der Waals surface area contributed by atoms with Crippen LogP contribution in [0.1, 0.15) is 51.3 Å². The maximum Gasteiger partial charge on any atom is 0.243 e. The SMILES string of the molecule is CC(=O)Nc1ccc(S(=O)(=O)N2C(C)CCC2C[C@@H](C)Oc2ncnc(Oc3cccnc3C)c2C)cc1. The van der Waals surface area contributed by atoms with E-state index < -0.39 is 10.0 Å². The third-order valence-electron chi connectivity index (χ3n) is 6.54. The summed E-state index contributed by atoms with van der Waals surface area (Å²) in [6, 6.07) is 9.48. The van der Waals surface area contributed by atoms with Crippen molar-refractivity contribution in [3.63, 3.8) is 0 Å². The van der Waals surface area contributed by atoms with E-state index in [9.17, 15) is 13.2 Å². The van der Waals surface area contributed by atoms with Crippen molar-refractivity contribution in [3.8, 4) is 17.5 Å². The zero-order chi connectivity index (χ0) is 27.4. The molecule has 3 aromatic rings. The van der Waals surface area contributed by atoms with Crippen molar-refractivity contribution in [1.82, 2.24) is 19.3 Å². The van der Waals surface area contributed by atoms with Crippen LogP contribution in [0, 0.1) is 13.8 Å². The molecule has 11 heteroatoms. The molecule has 2 unspecified atom stereocenters. The highest BCUT2D eigenvalue weighted by molar-refractivity contribution is 7.89. The van der Waals surface area contributed by atoms with Crippen molar-refractivity contribution in [1.29, 1.82) is 0 Å². The topological polar surface area (TPSA) is 124 Å². The fourth-order valence-corrected chi connectivity index (χ4v) is 6.57. The first-order valence-electron chi connectivity index (χ1n) is 12.5. The molecule has 1 saturated heterocycles. The molecule has 3 atom stereocenters. The van der Waals surface area contributed by atoms with Crippen molar-refractivity contribution >= 4 is 21.6 Å². The van der Waals surface area contributed by atoms with E-state index in [0.29, 0.717) is 35.2 Å². The number of rotatable bonds is 9. The Hall–Kier alpha value is -3.57. The molecule has 1 fully saturated rings. The minimum Gasteiger partial charge on any atom is -0.474 e. The van der Waals surface area contributed by atoms with Gasteiger partial charge in [-0.25, -0.2) is 18.4 Å². The number of nitrogens with one attached hydrogen (secondary N) is 1. The Bertz CT molecular complexity index is 1400. The summed E-state index contributed by atoms with van der Waals surface area (Å²) in [6.07, 6.45) is 4.75. The number of hydrogen-bond donors (Lipinski definition) is 1. The first-order valence-corrected chi connectivity index (χ1v) is 14.0. The summed E-state index contributed by atoms with van der Waals surface area (Å²) in [4.78, 5) is 24.2. The molecule has 1 amide bonds. The van der Waals surface area contributed by atoms with Gasteiger partial charge in [0.15, 0.2) is 5.75 Å². The summed E-state index contributed by atoms with van der Waals surface area (Å²) >= 11 is 0. The standard InChI is InChI=1S/C27H33N5O5S/c1-17-8-11-23(32(17)38(34,35)24-12-9-22(10-13-24)31-21(5)33)15-18(2)36-26-19(3)27(30-16-29-26)37-25-7-6-14-28-20(25)4/h6-7,9-10,12-14,16-18,23H,8,11,15H2,1-5H3,(H,31,33)/t17?,18-,23?/m1/s1. The molecule has 0 bridgehead atoms. The van der Waals surface area contributed by atoms with Crippen molar-refractivity contribution in [3.05, 3.63) is 60.2 Å². The number of hydrogen-bond acceptors (Lipinski definition) is 8. The lowest BCUT2D eigenvalue weighted by molar-refractivity contribution is -0.114. The number of nitrogens with zero attached hydrogens (tertiary/aromatic N) is 4. The van der Waals surface area contributed by atoms with Crippen molar-refractivity contribution < 1.29 is 22.7 Å². The summed E-state index contributed by atoms with van der Waals surface area (Å²) < 4.78 is 40.9. The highest BCUT2D eigenvalue weighted by Crippen LogP contribution is 2.35. The third kappa shape index (κ3) is 6.11. The van der Waals surface area contributed by atoms with Crippen LogP contribution < -0.4 is 14.8 Å². The quantitative estimate of drug-likeness (QED) is 0.417. The van der Waals surface area contributed by atoms with Gasteiger partial charge in [-0.1, -0.05) is 0 Å². The molecular formula is C27H33N5O5S. The van der Waals surface area contributed by atoms with E-state index in [1.807, 2.05) is 33.8 Å². The Morgan fingerprint density at radius 1 is 1.11 bits per heavy atom. The van der Waals surface area contributed by atoms with Gasteiger partial charge < -0.3 is 14.8 Å². The molecule has 1 N–H and O–H groups in total. The van der Waals surface area contributed by atoms with Gasteiger partial charge in [0.25, 0.3) is 0 Å². The average Bonchev–Trinajstić information content (AvgIpc) is 3.23. The largest absolute Gasteiger partial charge is 0.474 e. The molecule has 202 valence electrons. The Balaban J connectivity index is 1.47. The molecule has 1 aromatic carbocycles. The van der Waals surface area contributed by atoms with Gasteiger partial charge in [-0.05, 0) is 76.9 Å². The van der Waals surface area contributed by atoms with Gasteiger partial charge in [0.2, 0.25) is 27.7 Å². The van der Waals surface area contributed by atoms with Crippen LogP contribution in [-0.2, 0) is 14.8 Å². The van der Waals surface area contributed by atoms with E-state index in [4.69, 9.17) is 9.47 Å². The number of ether oxygens (including phenoxy) is 2. The van der Waals surface area contributed by atoms with Crippen LogP contribution in [0.25, 0.3) is 0 Å². The molecule has 0 spiro atoms. The normalized spacial score (nSPS) is 18.7. The molecule has 10 nitrogen and oxygen atoms in total. The van der Waals surface area contributed by atoms with Crippen LogP contribution in [0.15, 0.2) is 53.8 Å². The molecule has 3 heterocycles. The van der Waals surface area contributed by atoms with E-state index in [2.05, 4.69) is 20.3 Å². The zero-order valence-electron chi connectivity index (χ0n) is 22.2. The maximum absolute atomic E-state index is 13.6. The second-order valence-electron chi connectivity index (χ2n) is 9.58. The van der Waals surface area contributed by atoms with E-state index in [0.717, 1.165) is 18.5 Å². The second kappa shape index (κ2) is 11.4. The van der Waals surface area contributed by atoms with Crippen molar-refractivity contribution in [2.75, 3.05) is 5.32 Å². The van der Waals surface area contributed by atoms with E-state index >= 15 is 0 Å². The summed E-state index contributed by atoms with van der Waals surface area (Å²) in [7, 11) is -3.74. The maximum atomic E-state index is 13.6. The van der Waals surface area contributed by atoms with Gasteiger partial charge in [0.1, 0.15) is 6.33 Å². The van der Waals surface area contributed by atoms with Gasteiger partial charge in [-0.15, -0.1) is 0 Å². The summed E-state index contributed by atoms with van der Waals surface area (Å²) in [6.45, 7) is 8.91. The second-order valence-corrected chi connectivity index (χ2v) is 11.4. The predicted molar refractivity (Wildman–Crippen MR) is 143 cm³/mol. The van der Waals surface area contributed by atoms with Gasteiger partial charge in [0, 0.05) is 37.3 Å². The number of benzene rings is 1. The van der Waals surface area contributed by atoms with E-state index in [1.165, 1.54) is 25.4 Å². The van der Waals surface area contributed by atoms with Crippen LogP contribution in [0.3, 0.4) is 0 Å². The zero-order valence-corrected chi connectivity index (χ0v) is 23.0. The van der Waals surface area contributed by atoms with Gasteiger partial charge in [-0.3, -0.25) is 9.78 Å². The fourth-order valence-electron chi connectivity index (χ4n) is 4.68. The van der Waals surface area contributed by atoms with E-state index in [1.54, 1.807) is 28.7 Å². The molecular weight excluding hydrogens is 506 g/mol. The molecule has 4 rings (SSSR count). The highest BCUT2D eigenvalue weighted by Gasteiger charge is 2.40. The van der Waals surface area contributed by atoms with Gasteiger partial charge in [-0.2, -0.15) is 4.31 Å². The number of anilines is 1. The van der Waals surface area contributed by atoms with Crippen LogP contribution in [0.4, 0.5) is 5.69 Å². The Kier molecular flexibility index (Phi) is 8.27. The Labute approximate surface area is 223 Å². The summed E-state index contributed by atoms with van der Waals surface area (Å²) in [5, 5.41) is 2.66. The van der Waals surface area contributed by atoms with Crippen molar-refractivity contribution in [2.45, 2.75) is 77.0 Å². The van der Waals surface area contributed by atoms with Gasteiger partial charge >= 0.3 is 0 Å². The van der Waals surface area contributed by atoms with Crippen LogP contribution in [0.2, 0.25) is 0 Å². The number of carbonyl (C=O) groups is 1. The monoisotopic (exact) mass is 539 g/mol. The number of amides is 1. The average molecular weight is 540 g/mol. The fraction of sp³-hybridized carbons (Fsp3) is 0.407. The van der Waals surface area contributed by atoms with Crippen LogP contribution in [-0.4, -0.2) is 51.8 Å². The number of aryl methyl sites for hydroxylation is 1. The number of aromatic nitrogens is 3. The molecule has 38 heavy (non-hydrogen) atoms. The lowest BCUT2D eigenvalue weighted by Crippen LogP contribution is -2.41. The summed E-state index contributed by atoms with van der Waals surface area (Å²) in [5.41, 5.74) is 1.93. The Morgan fingerprint density at radius 3 is 2.50 bits per heavy atom. The lowest BCUT2D eigenvalue weighted by Gasteiger charge is -2.29. The molecule has 1 aliphatic rings. The molecule has 0 saturated carbocycles.